The zero-order valence-electron chi connectivity index (χ0n) is 10.6. The van der Waals surface area contributed by atoms with Crippen LogP contribution in [0.1, 0.15) is 12.8 Å². The molecule has 1 unspecified atom stereocenters. The van der Waals surface area contributed by atoms with Crippen molar-refractivity contribution in [2.24, 2.45) is 5.92 Å². The van der Waals surface area contributed by atoms with Crippen molar-refractivity contribution in [2.45, 2.75) is 17.7 Å². The second kappa shape index (κ2) is 5.09. The summed E-state index contributed by atoms with van der Waals surface area (Å²) in [4.78, 5) is 0.183. The molecule has 1 aromatic carbocycles. The van der Waals surface area contributed by atoms with Crippen LogP contribution in [-0.4, -0.2) is 34.6 Å². The van der Waals surface area contributed by atoms with Gasteiger partial charge >= 0.3 is 0 Å². The predicted molar refractivity (Wildman–Crippen MR) is 74.5 cm³/mol. The van der Waals surface area contributed by atoms with E-state index in [2.05, 4.69) is 14.8 Å². The molecule has 1 aliphatic rings. The quantitative estimate of drug-likeness (QED) is 0.841. The summed E-state index contributed by atoms with van der Waals surface area (Å²) in [6.07, 6.45) is 1.47. The SMILES string of the molecule is N#CC1CCCN(S(=O)(=O)c2cccc3nsnc23)C1. The fourth-order valence-electron chi connectivity index (χ4n) is 2.39. The van der Waals surface area contributed by atoms with Gasteiger partial charge < -0.3 is 0 Å². The number of hydrogen-bond acceptors (Lipinski definition) is 6. The zero-order valence-corrected chi connectivity index (χ0v) is 12.2. The molecular formula is C12H12N4O2S2. The summed E-state index contributed by atoms with van der Waals surface area (Å²) in [7, 11) is -3.62. The molecule has 2 heterocycles. The first kappa shape index (κ1) is 13.4. The molecule has 2 aromatic rings. The number of nitriles is 1. The van der Waals surface area contributed by atoms with Crippen molar-refractivity contribution in [3.05, 3.63) is 18.2 Å². The molecule has 0 N–H and O–H groups in total. The summed E-state index contributed by atoms with van der Waals surface area (Å²) in [5.41, 5.74) is 1.00. The van der Waals surface area contributed by atoms with Crippen molar-refractivity contribution in [2.75, 3.05) is 13.1 Å². The van der Waals surface area contributed by atoms with Gasteiger partial charge in [-0.05, 0) is 25.0 Å². The average Bonchev–Trinajstić information content (AvgIpc) is 2.95. The summed E-state index contributed by atoms with van der Waals surface area (Å²) in [5, 5.41) is 8.99. The molecule has 1 atom stereocenters. The number of piperidine rings is 1. The third kappa shape index (κ3) is 2.18. The number of nitrogens with zero attached hydrogens (tertiary/aromatic N) is 4. The van der Waals surface area contributed by atoms with Crippen LogP contribution >= 0.6 is 11.7 Å². The lowest BCUT2D eigenvalue weighted by atomic mass is 10.0. The van der Waals surface area contributed by atoms with Crippen molar-refractivity contribution in [3.63, 3.8) is 0 Å². The standard InChI is InChI=1S/C12H12N4O2S2/c13-7-9-3-2-6-16(8-9)20(17,18)11-5-1-4-10-12(11)15-19-14-10/h1,4-5,9H,2-3,6,8H2. The highest BCUT2D eigenvalue weighted by atomic mass is 32.2. The number of fused-ring (bicyclic) bond motifs is 1. The molecule has 0 spiro atoms. The molecule has 20 heavy (non-hydrogen) atoms. The summed E-state index contributed by atoms with van der Waals surface area (Å²) in [5.74, 6) is -0.230. The fourth-order valence-corrected chi connectivity index (χ4v) is 4.67. The van der Waals surface area contributed by atoms with E-state index in [9.17, 15) is 8.42 Å². The molecular weight excluding hydrogens is 296 g/mol. The highest BCUT2D eigenvalue weighted by Gasteiger charge is 2.32. The zero-order chi connectivity index (χ0) is 14.2. The number of aromatic nitrogens is 2. The van der Waals surface area contributed by atoms with Gasteiger partial charge in [-0.2, -0.15) is 18.3 Å². The van der Waals surface area contributed by atoms with Crippen molar-refractivity contribution in [1.29, 1.82) is 5.26 Å². The van der Waals surface area contributed by atoms with E-state index >= 15 is 0 Å². The number of benzene rings is 1. The van der Waals surface area contributed by atoms with E-state index in [-0.39, 0.29) is 17.4 Å². The summed E-state index contributed by atoms with van der Waals surface area (Å²) in [6, 6.07) is 7.12. The smallest absolute Gasteiger partial charge is 0.207 e. The van der Waals surface area contributed by atoms with Crippen molar-refractivity contribution in [1.82, 2.24) is 13.1 Å². The molecule has 0 radical (unpaired) electrons. The Kier molecular flexibility index (Phi) is 3.41. The van der Waals surface area contributed by atoms with E-state index in [4.69, 9.17) is 5.26 Å². The van der Waals surface area contributed by atoms with Crippen LogP contribution < -0.4 is 0 Å². The van der Waals surface area contributed by atoms with Gasteiger partial charge in [-0.1, -0.05) is 6.07 Å². The van der Waals surface area contributed by atoms with Gasteiger partial charge in [0, 0.05) is 13.1 Å². The molecule has 1 aromatic heterocycles. The Morgan fingerprint density at radius 1 is 1.40 bits per heavy atom. The maximum atomic E-state index is 12.7. The monoisotopic (exact) mass is 308 g/mol. The van der Waals surface area contributed by atoms with Gasteiger partial charge in [-0.25, -0.2) is 8.42 Å². The Morgan fingerprint density at radius 3 is 3.05 bits per heavy atom. The molecule has 1 fully saturated rings. The minimum atomic E-state index is -3.62. The van der Waals surface area contributed by atoms with E-state index < -0.39 is 10.0 Å². The van der Waals surface area contributed by atoms with Gasteiger partial charge in [0.2, 0.25) is 10.0 Å². The second-order valence-corrected chi connectivity index (χ2v) is 7.15. The van der Waals surface area contributed by atoms with Crippen molar-refractivity contribution in [3.8, 4) is 6.07 Å². The minimum absolute atomic E-state index is 0.183. The largest absolute Gasteiger partial charge is 0.245 e. The molecule has 0 saturated carbocycles. The Bertz CT molecular complexity index is 778. The van der Waals surface area contributed by atoms with Crippen molar-refractivity contribution >= 4 is 32.8 Å². The first-order valence-corrected chi connectivity index (χ1v) is 8.41. The van der Waals surface area contributed by atoms with Crippen LogP contribution in [0.25, 0.3) is 11.0 Å². The van der Waals surface area contributed by atoms with E-state index in [1.807, 2.05) is 0 Å². The molecule has 0 amide bonds. The Labute approximate surface area is 121 Å². The van der Waals surface area contributed by atoms with E-state index in [0.717, 1.165) is 18.1 Å². The van der Waals surface area contributed by atoms with Gasteiger partial charge in [0.1, 0.15) is 15.9 Å². The van der Waals surface area contributed by atoms with Crippen LogP contribution in [0.4, 0.5) is 0 Å². The Morgan fingerprint density at radius 2 is 2.25 bits per heavy atom. The van der Waals surface area contributed by atoms with Gasteiger partial charge in [-0.3, -0.25) is 0 Å². The highest BCUT2D eigenvalue weighted by Crippen LogP contribution is 2.27. The second-order valence-electron chi connectivity index (χ2n) is 4.72. The first-order chi connectivity index (χ1) is 9.63. The topological polar surface area (TPSA) is 87.0 Å². The molecule has 0 aliphatic carbocycles. The average molecular weight is 308 g/mol. The Balaban J connectivity index is 2.04. The summed E-state index contributed by atoms with van der Waals surface area (Å²) < 4.78 is 35.0. The molecule has 0 bridgehead atoms. The van der Waals surface area contributed by atoms with Crippen LogP contribution in [0.3, 0.4) is 0 Å². The molecule has 1 saturated heterocycles. The number of hydrogen-bond donors (Lipinski definition) is 0. The number of sulfonamides is 1. The van der Waals surface area contributed by atoms with Crippen molar-refractivity contribution < 1.29 is 8.42 Å². The van der Waals surface area contributed by atoms with E-state index in [0.29, 0.717) is 24.0 Å². The van der Waals surface area contributed by atoms with Gasteiger partial charge in [0.15, 0.2) is 0 Å². The number of rotatable bonds is 2. The van der Waals surface area contributed by atoms with E-state index in [1.54, 1.807) is 18.2 Å². The Hall–Kier alpha value is -1.56. The molecule has 3 rings (SSSR count). The maximum Gasteiger partial charge on any atom is 0.245 e. The first-order valence-electron chi connectivity index (χ1n) is 6.24. The fraction of sp³-hybridized carbons (Fsp3) is 0.417. The summed E-state index contributed by atoms with van der Waals surface area (Å²) >= 11 is 1.000. The molecule has 8 heteroatoms. The third-order valence-electron chi connectivity index (χ3n) is 3.43. The van der Waals surface area contributed by atoms with Gasteiger partial charge in [0.05, 0.1) is 23.7 Å². The summed E-state index contributed by atoms with van der Waals surface area (Å²) in [6.45, 7) is 0.710. The van der Waals surface area contributed by atoms with Gasteiger partial charge in [-0.15, -0.1) is 0 Å². The highest BCUT2D eigenvalue weighted by molar-refractivity contribution is 7.89. The van der Waals surface area contributed by atoms with E-state index in [1.165, 1.54) is 4.31 Å². The lowest BCUT2D eigenvalue weighted by Gasteiger charge is -2.28. The molecule has 6 nitrogen and oxygen atoms in total. The van der Waals surface area contributed by atoms with Crippen LogP contribution in [0.15, 0.2) is 23.1 Å². The maximum absolute atomic E-state index is 12.7. The van der Waals surface area contributed by atoms with Gasteiger partial charge in [0.25, 0.3) is 0 Å². The third-order valence-corrected chi connectivity index (χ3v) is 5.87. The molecule has 104 valence electrons. The lowest BCUT2D eigenvalue weighted by molar-refractivity contribution is 0.305. The van der Waals surface area contributed by atoms with Crippen LogP contribution in [-0.2, 0) is 10.0 Å². The van der Waals surface area contributed by atoms with Crippen LogP contribution in [0.2, 0.25) is 0 Å². The predicted octanol–water partition coefficient (Wildman–Crippen LogP) is 1.62. The normalized spacial score (nSPS) is 20.9. The minimum Gasteiger partial charge on any atom is -0.207 e. The lowest BCUT2D eigenvalue weighted by Crippen LogP contribution is -2.39. The van der Waals surface area contributed by atoms with Crippen LogP contribution in [0, 0.1) is 17.2 Å². The molecule has 1 aliphatic heterocycles. The van der Waals surface area contributed by atoms with Crippen LogP contribution in [0.5, 0.6) is 0 Å².